The van der Waals surface area contributed by atoms with Gasteiger partial charge in [0.1, 0.15) is 12.4 Å². The van der Waals surface area contributed by atoms with E-state index in [4.69, 9.17) is 14.2 Å². The second-order valence-electron chi connectivity index (χ2n) is 6.26. The highest BCUT2D eigenvalue weighted by atomic mass is 79.9. The number of methoxy groups -OCH3 is 2. The van der Waals surface area contributed by atoms with Crippen LogP contribution in [-0.4, -0.2) is 26.3 Å². The van der Waals surface area contributed by atoms with E-state index in [1.807, 2.05) is 36.4 Å². The van der Waals surface area contributed by atoms with Crippen LogP contribution in [0, 0.1) is 0 Å². The zero-order valence-electron chi connectivity index (χ0n) is 16.6. The smallest absolute Gasteiger partial charge is 0.271 e. The number of ether oxygens (including phenoxy) is 3. The molecule has 1 amide bonds. The molecule has 154 valence electrons. The van der Waals surface area contributed by atoms with Crippen molar-refractivity contribution in [2.24, 2.45) is 5.10 Å². The second kappa shape index (κ2) is 10.5. The number of rotatable bonds is 8. The Morgan fingerprint density at radius 3 is 2.53 bits per heavy atom. The fourth-order valence-electron chi connectivity index (χ4n) is 2.62. The van der Waals surface area contributed by atoms with E-state index >= 15 is 0 Å². The van der Waals surface area contributed by atoms with Crippen LogP contribution in [0.5, 0.6) is 17.2 Å². The minimum Gasteiger partial charge on any atom is -0.497 e. The molecule has 0 aliphatic rings. The van der Waals surface area contributed by atoms with Gasteiger partial charge < -0.3 is 14.2 Å². The first-order valence-corrected chi connectivity index (χ1v) is 9.91. The third-order valence-electron chi connectivity index (χ3n) is 4.21. The van der Waals surface area contributed by atoms with Crippen LogP contribution in [-0.2, 0) is 6.61 Å². The lowest BCUT2D eigenvalue weighted by molar-refractivity contribution is 0.0955. The normalized spacial score (nSPS) is 10.6. The summed E-state index contributed by atoms with van der Waals surface area (Å²) in [6.45, 7) is 0.424. The lowest BCUT2D eigenvalue weighted by Crippen LogP contribution is -2.17. The zero-order valence-corrected chi connectivity index (χ0v) is 18.2. The Morgan fingerprint density at radius 1 is 1.00 bits per heavy atom. The molecule has 0 unspecified atom stereocenters. The molecule has 0 bridgehead atoms. The first-order valence-electron chi connectivity index (χ1n) is 9.12. The Labute approximate surface area is 183 Å². The summed E-state index contributed by atoms with van der Waals surface area (Å²) in [7, 11) is 3.13. The summed E-state index contributed by atoms with van der Waals surface area (Å²) < 4.78 is 17.4. The number of hydrazone groups is 1. The number of nitrogens with zero attached hydrogens (tertiary/aromatic N) is 1. The van der Waals surface area contributed by atoms with Gasteiger partial charge in [-0.15, -0.1) is 0 Å². The first-order chi connectivity index (χ1) is 14.6. The largest absolute Gasteiger partial charge is 0.497 e. The summed E-state index contributed by atoms with van der Waals surface area (Å²) in [4.78, 5) is 12.2. The predicted octanol–water partition coefficient (Wildman–Crippen LogP) is 4.81. The number of carbonyl (C=O) groups excluding carboxylic acids is 1. The third-order valence-corrected chi connectivity index (χ3v) is 4.74. The van der Waals surface area contributed by atoms with Crippen LogP contribution in [0.4, 0.5) is 0 Å². The molecule has 0 aliphatic carbocycles. The van der Waals surface area contributed by atoms with Gasteiger partial charge in [-0.2, -0.15) is 5.10 Å². The molecule has 0 atom stereocenters. The maximum atomic E-state index is 12.2. The highest BCUT2D eigenvalue weighted by Crippen LogP contribution is 2.28. The van der Waals surface area contributed by atoms with Crippen LogP contribution >= 0.6 is 15.9 Å². The van der Waals surface area contributed by atoms with E-state index in [1.54, 1.807) is 50.8 Å². The fourth-order valence-corrected chi connectivity index (χ4v) is 2.88. The van der Waals surface area contributed by atoms with Crippen LogP contribution in [0.15, 0.2) is 76.3 Å². The molecular formula is C23H21BrN2O4. The van der Waals surface area contributed by atoms with Crippen molar-refractivity contribution < 1.29 is 19.0 Å². The predicted molar refractivity (Wildman–Crippen MR) is 120 cm³/mol. The van der Waals surface area contributed by atoms with Gasteiger partial charge in [-0.05, 0) is 59.7 Å². The molecule has 0 heterocycles. The van der Waals surface area contributed by atoms with E-state index in [-0.39, 0.29) is 5.91 Å². The lowest BCUT2D eigenvalue weighted by Gasteiger charge is -2.11. The molecule has 0 spiro atoms. The van der Waals surface area contributed by atoms with Crippen LogP contribution < -0.4 is 19.6 Å². The molecule has 3 aromatic rings. The number of carbonyl (C=O) groups is 1. The van der Waals surface area contributed by atoms with Gasteiger partial charge in [0, 0.05) is 10.0 Å². The Morgan fingerprint density at radius 2 is 1.80 bits per heavy atom. The van der Waals surface area contributed by atoms with Crippen molar-refractivity contribution in [1.29, 1.82) is 0 Å². The topological polar surface area (TPSA) is 69.2 Å². The Balaban J connectivity index is 1.62. The Kier molecular flexibility index (Phi) is 7.45. The zero-order chi connectivity index (χ0) is 21.3. The number of hydrogen-bond donors (Lipinski definition) is 1. The summed E-state index contributed by atoms with van der Waals surface area (Å²) in [6.07, 6.45) is 1.54. The van der Waals surface area contributed by atoms with E-state index in [9.17, 15) is 4.79 Å². The molecule has 1 N–H and O–H groups in total. The van der Waals surface area contributed by atoms with Gasteiger partial charge in [0.05, 0.1) is 20.4 Å². The molecule has 0 radical (unpaired) electrons. The average Bonchev–Trinajstić information content (AvgIpc) is 2.79. The van der Waals surface area contributed by atoms with E-state index in [2.05, 4.69) is 26.5 Å². The van der Waals surface area contributed by atoms with Crippen molar-refractivity contribution in [1.82, 2.24) is 5.43 Å². The van der Waals surface area contributed by atoms with Crippen molar-refractivity contribution in [3.05, 3.63) is 87.9 Å². The minimum absolute atomic E-state index is 0.327. The minimum atomic E-state index is -0.327. The van der Waals surface area contributed by atoms with Crippen LogP contribution in [0.3, 0.4) is 0 Å². The molecule has 0 fully saturated rings. The van der Waals surface area contributed by atoms with Crippen molar-refractivity contribution in [2.75, 3.05) is 14.2 Å². The fraction of sp³-hybridized carbons (Fsp3) is 0.130. The van der Waals surface area contributed by atoms with Gasteiger partial charge in [0.25, 0.3) is 5.91 Å². The van der Waals surface area contributed by atoms with E-state index in [1.165, 1.54) is 0 Å². The number of amides is 1. The van der Waals surface area contributed by atoms with Gasteiger partial charge >= 0.3 is 0 Å². The Bertz CT molecular complexity index is 1040. The van der Waals surface area contributed by atoms with E-state index < -0.39 is 0 Å². The molecule has 7 heteroatoms. The molecule has 3 aromatic carbocycles. The van der Waals surface area contributed by atoms with E-state index in [0.717, 1.165) is 15.6 Å². The maximum Gasteiger partial charge on any atom is 0.271 e. The quantitative estimate of drug-likeness (QED) is 0.380. The molecule has 30 heavy (non-hydrogen) atoms. The van der Waals surface area contributed by atoms with Crippen LogP contribution in [0.25, 0.3) is 0 Å². The van der Waals surface area contributed by atoms with Crippen molar-refractivity contribution >= 4 is 28.1 Å². The Hall–Kier alpha value is -3.32. The third kappa shape index (κ3) is 5.84. The SMILES string of the molecule is COc1cccc(C(=O)N/N=C\c2ccc(OCc3ccc(Br)cc3)c(OC)c2)c1. The lowest BCUT2D eigenvalue weighted by atomic mass is 10.2. The molecule has 0 aromatic heterocycles. The number of halogens is 1. The van der Waals surface area contributed by atoms with E-state index in [0.29, 0.717) is 29.4 Å². The summed E-state index contributed by atoms with van der Waals surface area (Å²) in [5.74, 6) is 1.48. The number of hydrogen-bond acceptors (Lipinski definition) is 5. The van der Waals surface area contributed by atoms with Gasteiger partial charge in [-0.1, -0.05) is 34.1 Å². The standard InChI is InChI=1S/C23H21BrN2O4/c1-28-20-5-3-4-18(13-20)23(27)26-25-14-17-8-11-21(22(12-17)29-2)30-15-16-6-9-19(24)10-7-16/h3-14H,15H2,1-2H3,(H,26,27)/b25-14-. The first kappa shape index (κ1) is 21.4. The van der Waals surface area contributed by atoms with Crippen molar-refractivity contribution in [2.45, 2.75) is 6.61 Å². The highest BCUT2D eigenvalue weighted by Gasteiger charge is 2.07. The van der Waals surface area contributed by atoms with Crippen LogP contribution in [0.1, 0.15) is 21.5 Å². The van der Waals surface area contributed by atoms with Gasteiger partial charge in [0.15, 0.2) is 11.5 Å². The van der Waals surface area contributed by atoms with Gasteiger partial charge in [0.2, 0.25) is 0 Å². The summed E-state index contributed by atoms with van der Waals surface area (Å²) in [6, 6.07) is 20.2. The number of benzene rings is 3. The molecule has 0 saturated carbocycles. The molecule has 3 rings (SSSR count). The maximum absolute atomic E-state index is 12.2. The second-order valence-corrected chi connectivity index (χ2v) is 7.17. The molecular weight excluding hydrogens is 448 g/mol. The molecule has 0 aliphatic heterocycles. The summed E-state index contributed by atoms with van der Waals surface area (Å²) in [5.41, 5.74) is 4.77. The monoisotopic (exact) mass is 468 g/mol. The van der Waals surface area contributed by atoms with Gasteiger partial charge in [-0.3, -0.25) is 4.79 Å². The average molecular weight is 469 g/mol. The summed E-state index contributed by atoms with van der Waals surface area (Å²) in [5, 5.41) is 4.01. The summed E-state index contributed by atoms with van der Waals surface area (Å²) >= 11 is 3.42. The highest BCUT2D eigenvalue weighted by molar-refractivity contribution is 9.10. The molecule has 6 nitrogen and oxygen atoms in total. The molecule has 0 saturated heterocycles. The van der Waals surface area contributed by atoms with Crippen LogP contribution in [0.2, 0.25) is 0 Å². The number of nitrogens with one attached hydrogen (secondary N) is 1. The van der Waals surface area contributed by atoms with Gasteiger partial charge in [-0.25, -0.2) is 5.43 Å². The van der Waals surface area contributed by atoms with Crippen molar-refractivity contribution in [3.8, 4) is 17.2 Å². The van der Waals surface area contributed by atoms with Crippen molar-refractivity contribution in [3.63, 3.8) is 0 Å².